The average Bonchev–Trinajstić information content (AvgIpc) is 3.17. The van der Waals surface area contributed by atoms with E-state index in [0.29, 0.717) is 15.7 Å². The van der Waals surface area contributed by atoms with E-state index in [1.54, 1.807) is 29.5 Å². The molecular formula is C20H18Cl2N2OS. The van der Waals surface area contributed by atoms with Crippen molar-refractivity contribution in [2.75, 3.05) is 5.32 Å². The highest BCUT2D eigenvalue weighted by atomic mass is 35.5. The third-order valence-electron chi connectivity index (χ3n) is 3.96. The lowest BCUT2D eigenvalue weighted by molar-refractivity contribution is -0.117. The molecule has 0 spiro atoms. The van der Waals surface area contributed by atoms with Crippen LogP contribution in [0.25, 0.3) is 0 Å². The molecule has 0 saturated heterocycles. The molecule has 26 heavy (non-hydrogen) atoms. The Kier molecular flexibility index (Phi) is 6.33. The van der Waals surface area contributed by atoms with Gasteiger partial charge in [-0.2, -0.15) is 0 Å². The van der Waals surface area contributed by atoms with Crippen LogP contribution in [0.5, 0.6) is 0 Å². The minimum Gasteiger partial charge on any atom is -0.323 e. The normalized spacial score (nSPS) is 13.2. The number of carbonyl (C=O) groups is 1. The first-order valence-electron chi connectivity index (χ1n) is 8.15. The SMILES string of the molecule is C[C@@H](N[C@@H](c1ccccc1)c1cccs1)C(=O)Nc1ccc(Cl)cc1Cl. The van der Waals surface area contributed by atoms with Gasteiger partial charge in [-0.25, -0.2) is 0 Å². The molecule has 0 saturated carbocycles. The summed E-state index contributed by atoms with van der Waals surface area (Å²) < 4.78 is 0. The summed E-state index contributed by atoms with van der Waals surface area (Å²) >= 11 is 13.7. The van der Waals surface area contributed by atoms with Crippen LogP contribution in [0.3, 0.4) is 0 Å². The fourth-order valence-corrected chi connectivity index (χ4v) is 3.87. The van der Waals surface area contributed by atoms with Gasteiger partial charge >= 0.3 is 0 Å². The highest BCUT2D eigenvalue weighted by Gasteiger charge is 2.22. The van der Waals surface area contributed by atoms with E-state index in [2.05, 4.69) is 28.8 Å². The predicted octanol–water partition coefficient (Wildman–Crippen LogP) is 5.76. The van der Waals surface area contributed by atoms with E-state index in [1.807, 2.05) is 36.6 Å². The number of hydrogen-bond acceptors (Lipinski definition) is 3. The Labute approximate surface area is 167 Å². The Morgan fingerprint density at radius 2 is 1.81 bits per heavy atom. The van der Waals surface area contributed by atoms with Crippen molar-refractivity contribution >= 4 is 46.1 Å². The van der Waals surface area contributed by atoms with Gasteiger partial charge in [-0.3, -0.25) is 10.1 Å². The van der Waals surface area contributed by atoms with Crippen molar-refractivity contribution in [1.82, 2.24) is 5.32 Å². The van der Waals surface area contributed by atoms with Gasteiger partial charge in [0.2, 0.25) is 5.91 Å². The summed E-state index contributed by atoms with van der Waals surface area (Å²) in [4.78, 5) is 13.8. The molecule has 0 unspecified atom stereocenters. The number of amides is 1. The molecule has 0 aliphatic rings. The van der Waals surface area contributed by atoms with Crippen molar-refractivity contribution in [3.8, 4) is 0 Å². The van der Waals surface area contributed by atoms with Gasteiger partial charge in [0, 0.05) is 9.90 Å². The van der Waals surface area contributed by atoms with Crippen molar-refractivity contribution in [2.24, 2.45) is 0 Å². The summed E-state index contributed by atoms with van der Waals surface area (Å²) in [6.07, 6.45) is 0. The minimum absolute atomic E-state index is 0.0577. The second-order valence-corrected chi connectivity index (χ2v) is 7.68. The molecular weight excluding hydrogens is 387 g/mol. The van der Waals surface area contributed by atoms with Crippen LogP contribution in [-0.4, -0.2) is 11.9 Å². The number of rotatable bonds is 6. The van der Waals surface area contributed by atoms with Crippen LogP contribution in [0, 0.1) is 0 Å². The molecule has 3 rings (SSSR count). The summed E-state index contributed by atoms with van der Waals surface area (Å²) in [6.45, 7) is 1.84. The first-order chi connectivity index (χ1) is 12.5. The van der Waals surface area contributed by atoms with E-state index in [4.69, 9.17) is 23.2 Å². The van der Waals surface area contributed by atoms with Crippen molar-refractivity contribution in [3.63, 3.8) is 0 Å². The number of hydrogen-bond donors (Lipinski definition) is 2. The van der Waals surface area contributed by atoms with Crippen LogP contribution in [0.4, 0.5) is 5.69 Å². The Hall–Kier alpha value is -1.85. The van der Waals surface area contributed by atoms with Gasteiger partial charge in [0.05, 0.1) is 22.8 Å². The van der Waals surface area contributed by atoms with Gasteiger partial charge in [0.1, 0.15) is 0 Å². The van der Waals surface area contributed by atoms with Gasteiger partial charge in [0.25, 0.3) is 0 Å². The van der Waals surface area contributed by atoms with Crippen molar-refractivity contribution in [2.45, 2.75) is 19.0 Å². The number of carbonyl (C=O) groups excluding carboxylic acids is 1. The first kappa shape index (κ1) is 18.9. The maximum absolute atomic E-state index is 12.6. The van der Waals surface area contributed by atoms with E-state index < -0.39 is 6.04 Å². The fraction of sp³-hybridized carbons (Fsp3) is 0.150. The Morgan fingerprint density at radius 3 is 2.46 bits per heavy atom. The molecule has 0 fully saturated rings. The summed E-state index contributed by atoms with van der Waals surface area (Å²) in [5.41, 5.74) is 1.65. The van der Waals surface area contributed by atoms with E-state index in [-0.39, 0.29) is 11.9 Å². The lowest BCUT2D eigenvalue weighted by Gasteiger charge is -2.23. The molecule has 1 aromatic heterocycles. The second-order valence-electron chi connectivity index (χ2n) is 5.86. The number of nitrogens with one attached hydrogen (secondary N) is 2. The molecule has 0 aliphatic heterocycles. The van der Waals surface area contributed by atoms with Gasteiger partial charge in [-0.1, -0.05) is 59.6 Å². The maximum atomic E-state index is 12.6. The molecule has 2 aromatic carbocycles. The number of anilines is 1. The fourth-order valence-electron chi connectivity index (χ4n) is 2.60. The first-order valence-corrected chi connectivity index (χ1v) is 9.78. The molecule has 2 atom stereocenters. The molecule has 1 amide bonds. The van der Waals surface area contributed by atoms with E-state index >= 15 is 0 Å². The third-order valence-corrected chi connectivity index (χ3v) is 5.44. The maximum Gasteiger partial charge on any atom is 0.241 e. The zero-order valence-electron chi connectivity index (χ0n) is 14.1. The van der Waals surface area contributed by atoms with Crippen LogP contribution in [-0.2, 0) is 4.79 Å². The highest BCUT2D eigenvalue weighted by molar-refractivity contribution is 7.10. The van der Waals surface area contributed by atoms with Crippen LogP contribution < -0.4 is 10.6 Å². The Balaban J connectivity index is 1.75. The summed E-state index contributed by atoms with van der Waals surface area (Å²) in [5, 5.41) is 9.24. The molecule has 2 N–H and O–H groups in total. The van der Waals surface area contributed by atoms with Gasteiger partial charge < -0.3 is 5.32 Å². The summed E-state index contributed by atoms with van der Waals surface area (Å²) in [7, 11) is 0. The van der Waals surface area contributed by atoms with Crippen LogP contribution in [0.1, 0.15) is 23.4 Å². The third kappa shape index (κ3) is 4.65. The molecule has 134 valence electrons. The number of benzene rings is 2. The van der Waals surface area contributed by atoms with Crippen molar-refractivity contribution in [1.29, 1.82) is 0 Å². The topological polar surface area (TPSA) is 41.1 Å². The average molecular weight is 405 g/mol. The van der Waals surface area contributed by atoms with Gasteiger partial charge in [0.15, 0.2) is 0 Å². The van der Waals surface area contributed by atoms with Crippen LogP contribution >= 0.6 is 34.5 Å². The number of halogens is 2. The molecule has 0 radical (unpaired) electrons. The lowest BCUT2D eigenvalue weighted by atomic mass is 10.0. The largest absolute Gasteiger partial charge is 0.323 e. The lowest BCUT2D eigenvalue weighted by Crippen LogP contribution is -2.40. The second kappa shape index (κ2) is 8.69. The van der Waals surface area contributed by atoms with E-state index in [1.165, 1.54) is 0 Å². The summed E-state index contributed by atoms with van der Waals surface area (Å²) in [6, 6.07) is 18.7. The van der Waals surface area contributed by atoms with Crippen molar-refractivity contribution < 1.29 is 4.79 Å². The molecule has 0 aliphatic carbocycles. The standard InChI is InChI=1S/C20H18Cl2N2OS/c1-13(20(25)24-17-10-9-15(21)12-16(17)22)23-19(18-8-5-11-26-18)14-6-3-2-4-7-14/h2-13,19,23H,1H3,(H,24,25)/t13-,19+/m1/s1. The smallest absolute Gasteiger partial charge is 0.241 e. The van der Waals surface area contributed by atoms with Crippen molar-refractivity contribution in [3.05, 3.63) is 86.5 Å². The molecule has 6 heteroatoms. The van der Waals surface area contributed by atoms with Crippen LogP contribution in [0.15, 0.2) is 66.0 Å². The van der Waals surface area contributed by atoms with E-state index in [9.17, 15) is 4.79 Å². The monoisotopic (exact) mass is 404 g/mol. The van der Waals surface area contributed by atoms with Gasteiger partial charge in [-0.05, 0) is 42.1 Å². The number of thiophene rings is 1. The highest BCUT2D eigenvalue weighted by Crippen LogP contribution is 2.28. The molecule has 0 bridgehead atoms. The predicted molar refractivity (Wildman–Crippen MR) is 110 cm³/mol. The van der Waals surface area contributed by atoms with E-state index in [0.717, 1.165) is 10.4 Å². The van der Waals surface area contributed by atoms with Gasteiger partial charge in [-0.15, -0.1) is 11.3 Å². The Morgan fingerprint density at radius 1 is 1.04 bits per heavy atom. The molecule has 1 heterocycles. The summed E-state index contributed by atoms with van der Waals surface area (Å²) in [5.74, 6) is -0.160. The molecule has 3 aromatic rings. The molecule has 3 nitrogen and oxygen atoms in total. The quantitative estimate of drug-likeness (QED) is 0.547. The Bertz CT molecular complexity index is 869. The zero-order chi connectivity index (χ0) is 18.5. The minimum atomic E-state index is -0.422. The van der Waals surface area contributed by atoms with Crippen LogP contribution in [0.2, 0.25) is 10.0 Å². The zero-order valence-corrected chi connectivity index (χ0v) is 16.4.